The second-order valence-electron chi connectivity index (χ2n) is 3.45. The molecule has 0 unspecified atom stereocenters. The maximum absolute atomic E-state index is 11.5. The summed E-state index contributed by atoms with van der Waals surface area (Å²) in [7, 11) is 3.01. The van der Waals surface area contributed by atoms with Crippen LogP contribution in [0.2, 0.25) is 0 Å². The molecule has 1 rings (SSSR count). The van der Waals surface area contributed by atoms with Gasteiger partial charge in [0.05, 0.1) is 0 Å². The van der Waals surface area contributed by atoms with E-state index in [9.17, 15) is 9.59 Å². The van der Waals surface area contributed by atoms with Gasteiger partial charge >= 0.3 is 0 Å². The highest BCUT2D eigenvalue weighted by molar-refractivity contribution is 5.97. The molecular weight excluding hydrogens is 232 g/mol. The van der Waals surface area contributed by atoms with Crippen LogP contribution in [-0.4, -0.2) is 37.4 Å². The van der Waals surface area contributed by atoms with Crippen molar-refractivity contribution < 1.29 is 9.59 Å². The number of hydrogen-bond acceptors (Lipinski definition) is 4. The summed E-state index contributed by atoms with van der Waals surface area (Å²) >= 11 is 0. The molecule has 0 aromatic carbocycles. The highest BCUT2D eigenvalue weighted by atomic mass is 16.2. The van der Waals surface area contributed by atoms with Gasteiger partial charge < -0.3 is 16.0 Å². The lowest BCUT2D eigenvalue weighted by molar-refractivity contribution is 0.0954. The van der Waals surface area contributed by atoms with Crippen LogP contribution in [0.4, 0.5) is 5.69 Å². The number of nitrogens with one attached hydrogen (secondary N) is 3. The Morgan fingerprint density at radius 1 is 1.22 bits per heavy atom. The summed E-state index contributed by atoms with van der Waals surface area (Å²) in [5, 5.41) is 7.95. The molecule has 6 heteroatoms. The van der Waals surface area contributed by atoms with E-state index in [-0.39, 0.29) is 23.2 Å². The van der Waals surface area contributed by atoms with Crippen LogP contribution in [-0.2, 0) is 0 Å². The van der Waals surface area contributed by atoms with Gasteiger partial charge in [-0.05, 0) is 12.1 Å². The van der Waals surface area contributed by atoms with Gasteiger partial charge in [0.2, 0.25) is 0 Å². The van der Waals surface area contributed by atoms with Crippen LogP contribution in [0.5, 0.6) is 0 Å². The lowest BCUT2D eigenvalue weighted by Gasteiger charge is -2.08. The second kappa shape index (κ2) is 6.39. The molecule has 0 atom stereocenters. The Bertz CT molecular complexity index is 437. The van der Waals surface area contributed by atoms with Gasteiger partial charge in [-0.25, -0.2) is 4.98 Å². The molecule has 96 valence electrons. The van der Waals surface area contributed by atoms with Crippen LogP contribution in [0.3, 0.4) is 0 Å². The predicted molar refractivity (Wildman–Crippen MR) is 69.7 cm³/mol. The van der Waals surface area contributed by atoms with Gasteiger partial charge in [0.25, 0.3) is 11.8 Å². The monoisotopic (exact) mass is 248 g/mol. The fourth-order valence-electron chi connectivity index (χ4n) is 1.31. The van der Waals surface area contributed by atoms with Crippen molar-refractivity contribution in [2.45, 2.75) is 0 Å². The smallest absolute Gasteiger partial charge is 0.269 e. The number of carbonyl (C=O) groups is 2. The van der Waals surface area contributed by atoms with E-state index in [1.165, 1.54) is 14.1 Å². The molecule has 6 nitrogen and oxygen atoms in total. The van der Waals surface area contributed by atoms with Crippen LogP contribution in [0.15, 0.2) is 24.8 Å². The number of aromatic nitrogens is 1. The van der Waals surface area contributed by atoms with E-state index in [2.05, 4.69) is 27.5 Å². The Morgan fingerprint density at radius 3 is 2.11 bits per heavy atom. The molecule has 3 N–H and O–H groups in total. The molecule has 0 aliphatic carbocycles. The largest absolute Gasteiger partial charge is 0.381 e. The van der Waals surface area contributed by atoms with E-state index < -0.39 is 0 Å². The summed E-state index contributed by atoms with van der Waals surface area (Å²) in [4.78, 5) is 27.1. The first kappa shape index (κ1) is 13.7. The first-order valence-corrected chi connectivity index (χ1v) is 5.43. The number of amides is 2. The standard InChI is InChI=1S/C12H16N4O2/c1-4-5-15-8-6-9(11(17)13-2)16-10(7-8)12(18)14-3/h4,6-7H,1,5H2,2-3H3,(H,13,17)(H,14,18)(H,15,16). The van der Waals surface area contributed by atoms with Crippen LogP contribution < -0.4 is 16.0 Å². The second-order valence-corrected chi connectivity index (χ2v) is 3.45. The molecule has 0 saturated heterocycles. The fourth-order valence-corrected chi connectivity index (χ4v) is 1.31. The Hall–Kier alpha value is -2.37. The third-order valence-corrected chi connectivity index (χ3v) is 2.20. The maximum atomic E-state index is 11.5. The average Bonchev–Trinajstić information content (AvgIpc) is 2.42. The van der Waals surface area contributed by atoms with Crippen molar-refractivity contribution in [3.05, 3.63) is 36.2 Å². The molecule has 18 heavy (non-hydrogen) atoms. The summed E-state index contributed by atoms with van der Waals surface area (Å²) in [6, 6.07) is 3.16. The quantitative estimate of drug-likeness (QED) is 0.659. The Morgan fingerprint density at radius 2 is 1.72 bits per heavy atom. The normalized spacial score (nSPS) is 9.44. The van der Waals surface area contributed by atoms with E-state index >= 15 is 0 Å². The van der Waals surface area contributed by atoms with E-state index in [1.54, 1.807) is 18.2 Å². The Labute approximate surface area is 105 Å². The van der Waals surface area contributed by atoms with Crippen molar-refractivity contribution in [1.82, 2.24) is 15.6 Å². The maximum Gasteiger partial charge on any atom is 0.269 e. The highest BCUT2D eigenvalue weighted by Crippen LogP contribution is 2.12. The first-order valence-electron chi connectivity index (χ1n) is 5.43. The fraction of sp³-hybridized carbons (Fsp3) is 0.250. The molecule has 1 aromatic heterocycles. The van der Waals surface area contributed by atoms with E-state index in [0.717, 1.165) is 0 Å². The number of pyridine rings is 1. The van der Waals surface area contributed by atoms with Gasteiger partial charge in [-0.1, -0.05) is 6.08 Å². The summed E-state index contributed by atoms with van der Waals surface area (Å²) in [5.74, 6) is -0.690. The summed E-state index contributed by atoms with van der Waals surface area (Å²) < 4.78 is 0. The summed E-state index contributed by atoms with van der Waals surface area (Å²) in [5.41, 5.74) is 1.01. The van der Waals surface area contributed by atoms with E-state index in [1.807, 2.05) is 0 Å². The van der Waals surface area contributed by atoms with Crippen LogP contribution in [0.25, 0.3) is 0 Å². The van der Waals surface area contributed by atoms with Gasteiger partial charge in [0.1, 0.15) is 11.4 Å². The summed E-state index contributed by atoms with van der Waals surface area (Å²) in [6.07, 6.45) is 1.68. The zero-order chi connectivity index (χ0) is 13.5. The van der Waals surface area contributed by atoms with Crippen LogP contribution in [0.1, 0.15) is 21.0 Å². The minimum atomic E-state index is -0.345. The number of rotatable bonds is 5. The van der Waals surface area contributed by atoms with Gasteiger partial charge in [-0.3, -0.25) is 9.59 Å². The van der Waals surface area contributed by atoms with Gasteiger partial charge in [-0.15, -0.1) is 6.58 Å². The van der Waals surface area contributed by atoms with Crippen molar-refractivity contribution in [2.75, 3.05) is 26.0 Å². The minimum Gasteiger partial charge on any atom is -0.381 e. The highest BCUT2D eigenvalue weighted by Gasteiger charge is 2.12. The molecule has 0 aliphatic rings. The summed E-state index contributed by atoms with van der Waals surface area (Å²) in [6.45, 7) is 4.12. The molecule has 1 heterocycles. The minimum absolute atomic E-state index is 0.185. The number of carbonyl (C=O) groups excluding carboxylic acids is 2. The molecule has 0 radical (unpaired) electrons. The molecule has 0 bridgehead atoms. The predicted octanol–water partition coefficient (Wildman–Crippen LogP) is 0.399. The topological polar surface area (TPSA) is 83.1 Å². The van der Waals surface area contributed by atoms with Crippen molar-refractivity contribution >= 4 is 17.5 Å². The average molecular weight is 248 g/mol. The Balaban J connectivity index is 3.14. The molecule has 0 spiro atoms. The van der Waals surface area contributed by atoms with Crippen LogP contribution in [0, 0.1) is 0 Å². The zero-order valence-electron chi connectivity index (χ0n) is 10.4. The number of nitrogens with zero attached hydrogens (tertiary/aromatic N) is 1. The molecule has 0 aliphatic heterocycles. The molecule has 2 amide bonds. The van der Waals surface area contributed by atoms with Crippen molar-refractivity contribution in [2.24, 2.45) is 0 Å². The van der Waals surface area contributed by atoms with Gasteiger partial charge in [0, 0.05) is 26.3 Å². The van der Waals surface area contributed by atoms with Crippen molar-refractivity contribution in [3.8, 4) is 0 Å². The Kier molecular flexibility index (Phi) is 4.86. The lowest BCUT2D eigenvalue weighted by Crippen LogP contribution is -2.24. The van der Waals surface area contributed by atoms with E-state index in [4.69, 9.17) is 0 Å². The lowest BCUT2D eigenvalue weighted by atomic mass is 10.2. The molecule has 0 saturated carbocycles. The van der Waals surface area contributed by atoms with E-state index in [0.29, 0.717) is 12.2 Å². The van der Waals surface area contributed by atoms with Crippen molar-refractivity contribution in [1.29, 1.82) is 0 Å². The van der Waals surface area contributed by atoms with Gasteiger partial charge in [0.15, 0.2) is 0 Å². The SMILES string of the molecule is C=CCNc1cc(C(=O)NC)nc(C(=O)NC)c1. The molecular formula is C12H16N4O2. The first-order chi connectivity index (χ1) is 8.62. The number of anilines is 1. The zero-order valence-corrected chi connectivity index (χ0v) is 10.4. The number of hydrogen-bond donors (Lipinski definition) is 3. The van der Waals surface area contributed by atoms with Gasteiger partial charge in [-0.2, -0.15) is 0 Å². The third-order valence-electron chi connectivity index (χ3n) is 2.20. The van der Waals surface area contributed by atoms with Crippen molar-refractivity contribution in [3.63, 3.8) is 0 Å². The molecule has 1 aromatic rings. The molecule has 0 fully saturated rings. The third kappa shape index (κ3) is 3.31. The van der Waals surface area contributed by atoms with Crippen LogP contribution >= 0.6 is 0 Å².